The topological polar surface area (TPSA) is 308 Å². The molecule has 0 spiro atoms. The minimum atomic E-state index is -0.408. The van der Waals surface area contributed by atoms with Gasteiger partial charge in [0.15, 0.2) is 45.7 Å². The van der Waals surface area contributed by atoms with E-state index < -0.39 is 11.6 Å². The fourth-order valence-electron chi connectivity index (χ4n) is 6.93. The number of hydrogen-bond donors (Lipinski definition) is 0. The second-order valence-corrected chi connectivity index (χ2v) is 13.0. The number of ketones is 3. The smallest absolute Gasteiger partial charge is 0.218 e. The highest BCUT2D eigenvalue weighted by atomic mass is 16.5. The Bertz CT molecular complexity index is 3330. The molecule has 0 atom stereocenters. The van der Waals surface area contributed by atoms with Gasteiger partial charge in [-0.2, -0.15) is 31.6 Å². The highest BCUT2D eigenvalue weighted by Crippen LogP contribution is 2.46. The van der Waals surface area contributed by atoms with Crippen LogP contribution >= 0.6 is 0 Å². The van der Waals surface area contributed by atoms with Gasteiger partial charge >= 0.3 is 0 Å². The molecule has 0 unspecified atom stereocenters. The Morgan fingerprint density at radius 3 is 1.25 bits per heavy atom. The number of aromatic nitrogens is 6. The maximum Gasteiger partial charge on any atom is 0.218 e. The monoisotopic (exact) mass is 830 g/mol. The Labute approximate surface area is 355 Å². The fourth-order valence-corrected chi connectivity index (χ4v) is 6.93. The van der Waals surface area contributed by atoms with Crippen LogP contribution in [0.1, 0.15) is 87.9 Å². The Balaban J connectivity index is 0.000000142. The summed E-state index contributed by atoms with van der Waals surface area (Å²) in [7, 11) is 5.80. The predicted octanol–water partition coefficient (Wildman–Crippen LogP) is 4.64. The van der Waals surface area contributed by atoms with E-state index in [1.54, 1.807) is 48.5 Å². The molecule has 0 aliphatic heterocycles. The first kappa shape index (κ1) is 41.2. The van der Waals surface area contributed by atoms with Crippen LogP contribution in [0.3, 0.4) is 0 Å². The average Bonchev–Trinajstić information content (AvgIpc) is 3.88. The van der Waals surface area contributed by atoms with Crippen LogP contribution in [0.2, 0.25) is 0 Å². The van der Waals surface area contributed by atoms with Gasteiger partial charge in [-0.1, -0.05) is 17.7 Å². The molecule has 300 valence electrons. The van der Waals surface area contributed by atoms with Crippen molar-refractivity contribution in [2.75, 3.05) is 28.4 Å². The summed E-state index contributed by atoms with van der Waals surface area (Å²) in [5.74, 6) is 0.399. The van der Waals surface area contributed by atoms with E-state index in [1.807, 2.05) is 37.3 Å². The molecule has 0 N–H and O–H groups in total. The minimum absolute atomic E-state index is 0.0216. The lowest BCUT2D eigenvalue weighted by Crippen LogP contribution is -2.05. The number of carbonyl (C=O) groups is 3. The third-order valence-electron chi connectivity index (χ3n) is 9.70. The highest BCUT2D eigenvalue weighted by Gasteiger charge is 2.38. The molecule has 3 heterocycles. The van der Waals surface area contributed by atoms with E-state index in [2.05, 4.69) is 29.9 Å². The number of rotatable bonds is 4. The maximum absolute atomic E-state index is 12.6. The molecule has 0 amide bonds. The van der Waals surface area contributed by atoms with Gasteiger partial charge in [-0.25, -0.2) is 29.9 Å². The summed E-state index contributed by atoms with van der Waals surface area (Å²) < 4.78 is 20.9. The zero-order valence-corrected chi connectivity index (χ0v) is 33.3. The summed E-state index contributed by atoms with van der Waals surface area (Å²) in [5, 5.41) is 54.0. The number of carbonyl (C=O) groups excluding carboxylic acids is 3. The fraction of sp³-hybridized carbons (Fsp3) is 0.114. The van der Waals surface area contributed by atoms with E-state index in [0.29, 0.717) is 45.2 Å². The summed E-state index contributed by atoms with van der Waals surface area (Å²) in [5.41, 5.74) is 3.99. The summed E-state index contributed by atoms with van der Waals surface area (Å²) >= 11 is 0. The van der Waals surface area contributed by atoms with Crippen molar-refractivity contribution >= 4 is 17.3 Å². The number of nitriles is 6. The molecule has 19 nitrogen and oxygen atoms in total. The minimum Gasteiger partial charge on any atom is -0.496 e. The molecule has 63 heavy (non-hydrogen) atoms. The van der Waals surface area contributed by atoms with Gasteiger partial charge in [-0.3, -0.25) is 14.4 Å². The van der Waals surface area contributed by atoms with Gasteiger partial charge in [0.25, 0.3) is 0 Å². The molecule has 3 aromatic carbocycles. The number of fused-ring (bicyclic) bond motifs is 9. The van der Waals surface area contributed by atoms with Gasteiger partial charge in [-0.15, -0.1) is 0 Å². The van der Waals surface area contributed by atoms with Gasteiger partial charge < -0.3 is 18.9 Å². The van der Waals surface area contributed by atoms with Gasteiger partial charge in [-0.05, 0) is 37.3 Å². The molecule has 0 saturated carbocycles. The Kier molecular flexibility index (Phi) is 10.7. The lowest BCUT2D eigenvalue weighted by molar-refractivity contribution is 0.102. The van der Waals surface area contributed by atoms with E-state index in [-0.39, 0.29) is 85.3 Å². The van der Waals surface area contributed by atoms with Crippen molar-refractivity contribution in [1.29, 1.82) is 31.6 Å². The predicted molar refractivity (Wildman–Crippen MR) is 212 cm³/mol. The first-order valence-electron chi connectivity index (χ1n) is 17.9. The van der Waals surface area contributed by atoms with Gasteiger partial charge in [0, 0.05) is 16.7 Å². The maximum atomic E-state index is 12.6. The molecular formula is C44H22N12O7. The molecule has 3 aliphatic carbocycles. The first-order chi connectivity index (χ1) is 30.5. The molecule has 3 aromatic heterocycles. The molecule has 19 heteroatoms. The van der Waals surface area contributed by atoms with Crippen molar-refractivity contribution < 1.29 is 33.3 Å². The number of hydrogen-bond acceptors (Lipinski definition) is 19. The number of ether oxygens (including phenoxy) is 4. The second-order valence-electron chi connectivity index (χ2n) is 13.0. The van der Waals surface area contributed by atoms with E-state index in [1.165, 1.54) is 28.4 Å². The van der Waals surface area contributed by atoms with E-state index >= 15 is 0 Å². The Morgan fingerprint density at radius 2 is 0.778 bits per heavy atom. The standard InChI is InChI=1S/2C15H8N4O3.C14H6N4O/c1-21-9-3-4-10(22-2)12-11(9)13-14(15(12)20)19-8(6-17)7(5-16)18-13;1-21-10-4-3-7-11(15(10)22-2)14(20)13-12(7)18-8(5-16)9(6-17)19-13;1-7-2-3-8-9(4-7)12-13(14(8)19)18-11(6-16)10(5-15)17-12/h2*3-4H,1-2H3;2-4H,1H3. The molecule has 0 radical (unpaired) electrons. The summed E-state index contributed by atoms with van der Waals surface area (Å²) in [6.07, 6.45) is 0. The lowest BCUT2D eigenvalue weighted by atomic mass is 10.1. The summed E-state index contributed by atoms with van der Waals surface area (Å²) in [6, 6.07) is 22.7. The van der Waals surface area contributed by atoms with Crippen molar-refractivity contribution in [3.8, 4) is 93.2 Å². The largest absolute Gasteiger partial charge is 0.496 e. The second kappa shape index (κ2) is 16.4. The third kappa shape index (κ3) is 6.55. The highest BCUT2D eigenvalue weighted by molar-refractivity contribution is 6.23. The SMILES string of the molecule is COc1ccc(OC)c2c1C(=O)c1nc(C#N)c(C#N)nc1-2.COc1ccc2c(c1OC)C(=O)c1nc(C#N)c(C#N)nc1-2.Cc1ccc2c(c1)-c1nc(C#N)c(C#N)nc1C2=O. The van der Waals surface area contributed by atoms with E-state index in [0.717, 1.165) is 5.56 Å². The number of benzene rings is 3. The van der Waals surface area contributed by atoms with Gasteiger partial charge in [0.05, 0.1) is 45.1 Å². The van der Waals surface area contributed by atoms with Crippen molar-refractivity contribution in [3.63, 3.8) is 0 Å². The van der Waals surface area contributed by atoms with Crippen molar-refractivity contribution in [2.45, 2.75) is 6.92 Å². The van der Waals surface area contributed by atoms with E-state index in [9.17, 15) is 14.4 Å². The number of nitrogens with zero attached hydrogens (tertiary/aromatic N) is 12. The molecule has 6 aromatic rings. The third-order valence-corrected chi connectivity index (χ3v) is 9.70. The van der Waals surface area contributed by atoms with Gasteiger partial charge in [0.2, 0.25) is 17.3 Å². The number of methoxy groups -OCH3 is 4. The van der Waals surface area contributed by atoms with Crippen LogP contribution in [0.15, 0.2) is 42.5 Å². The lowest BCUT2D eigenvalue weighted by Gasteiger charge is -2.10. The average molecular weight is 831 g/mol. The molecule has 0 bridgehead atoms. The van der Waals surface area contributed by atoms with Gasteiger partial charge in [0.1, 0.15) is 82.1 Å². The summed E-state index contributed by atoms with van der Waals surface area (Å²) in [6.45, 7) is 1.91. The Morgan fingerprint density at radius 1 is 0.397 bits per heavy atom. The van der Waals surface area contributed by atoms with Crippen LogP contribution in [0, 0.1) is 74.9 Å². The van der Waals surface area contributed by atoms with Crippen LogP contribution < -0.4 is 18.9 Å². The number of aryl methyl sites for hydroxylation is 1. The zero-order valence-electron chi connectivity index (χ0n) is 33.3. The zero-order chi connectivity index (χ0) is 45.3. The molecule has 3 aliphatic rings. The van der Waals surface area contributed by atoms with Crippen molar-refractivity contribution in [3.05, 3.63) is 116 Å². The molecule has 9 rings (SSSR count). The molecule has 0 fully saturated rings. The first-order valence-corrected chi connectivity index (χ1v) is 17.9. The van der Waals surface area contributed by atoms with Crippen LogP contribution in [0.4, 0.5) is 0 Å². The van der Waals surface area contributed by atoms with Crippen LogP contribution in [0.5, 0.6) is 23.0 Å². The van der Waals surface area contributed by atoms with Crippen LogP contribution in [0.25, 0.3) is 33.8 Å². The molecule has 0 saturated heterocycles. The van der Waals surface area contributed by atoms with Crippen LogP contribution in [-0.2, 0) is 0 Å². The normalized spacial score (nSPS) is 11.3. The summed E-state index contributed by atoms with van der Waals surface area (Å²) in [4.78, 5) is 61.6. The quantitative estimate of drug-likeness (QED) is 0.233. The van der Waals surface area contributed by atoms with Crippen molar-refractivity contribution in [2.24, 2.45) is 0 Å². The Hall–Kier alpha value is -9.95. The van der Waals surface area contributed by atoms with Crippen LogP contribution in [-0.4, -0.2) is 75.7 Å². The van der Waals surface area contributed by atoms with E-state index in [4.69, 9.17) is 50.5 Å². The van der Waals surface area contributed by atoms with Crippen molar-refractivity contribution in [1.82, 2.24) is 29.9 Å². The molecular weight excluding hydrogens is 809 g/mol.